The molecule has 7 nitrogen and oxygen atoms in total. The molecular weight excluding hydrogens is 292 g/mol. The van der Waals surface area contributed by atoms with Gasteiger partial charge in [-0.15, -0.1) is 0 Å². The molecule has 0 saturated carbocycles. The Morgan fingerprint density at radius 1 is 1.17 bits per heavy atom. The van der Waals surface area contributed by atoms with Gasteiger partial charge in [0.25, 0.3) is 0 Å². The summed E-state index contributed by atoms with van der Waals surface area (Å²) >= 11 is 0. The molecule has 23 heavy (non-hydrogen) atoms. The Bertz CT molecular complexity index is 592. The molecule has 2 aromatic rings. The van der Waals surface area contributed by atoms with Crippen molar-refractivity contribution in [3.8, 4) is 0 Å². The van der Waals surface area contributed by atoms with Crippen molar-refractivity contribution >= 4 is 11.7 Å². The third-order valence-corrected chi connectivity index (χ3v) is 3.97. The van der Waals surface area contributed by atoms with Crippen LogP contribution in [0.2, 0.25) is 0 Å². The van der Waals surface area contributed by atoms with Gasteiger partial charge in [0.1, 0.15) is 11.6 Å². The molecule has 1 fully saturated rings. The van der Waals surface area contributed by atoms with E-state index in [0.29, 0.717) is 19.5 Å². The molecule has 0 aliphatic carbocycles. The van der Waals surface area contributed by atoms with Crippen LogP contribution < -0.4 is 10.2 Å². The molecule has 1 amide bonds. The first kappa shape index (κ1) is 15.5. The Labute approximate surface area is 135 Å². The minimum atomic E-state index is 0.206. The van der Waals surface area contributed by atoms with Gasteiger partial charge in [-0.3, -0.25) is 4.79 Å². The monoisotopic (exact) mass is 314 g/mol. The van der Waals surface area contributed by atoms with E-state index in [0.717, 1.165) is 37.8 Å². The van der Waals surface area contributed by atoms with Crippen LogP contribution in [0.15, 0.2) is 36.8 Å². The number of piperazine rings is 1. The molecule has 3 heterocycles. The molecule has 1 aliphatic heterocycles. The van der Waals surface area contributed by atoms with Crippen LogP contribution in [-0.2, 0) is 11.3 Å². The van der Waals surface area contributed by atoms with Crippen molar-refractivity contribution in [1.82, 2.24) is 25.2 Å². The number of nitrogens with one attached hydrogen (secondary N) is 2. The van der Waals surface area contributed by atoms with Crippen LogP contribution in [0, 0.1) is 0 Å². The number of aromatic nitrogens is 3. The standard InChI is InChI=1S/C16H22N6O/c23-16(4-6-17-13-14-18-7-8-19-14)22-11-9-21(10-12-22)15-3-1-2-5-20-15/h1-3,5,7-8,17H,4,6,9-13H2,(H,18,19). The van der Waals surface area contributed by atoms with E-state index < -0.39 is 0 Å². The molecule has 7 heteroatoms. The normalized spacial score (nSPS) is 15.0. The van der Waals surface area contributed by atoms with Gasteiger partial charge in [0.15, 0.2) is 0 Å². The molecule has 122 valence electrons. The lowest BCUT2D eigenvalue weighted by Gasteiger charge is -2.35. The third-order valence-electron chi connectivity index (χ3n) is 3.97. The van der Waals surface area contributed by atoms with E-state index in [9.17, 15) is 4.79 Å². The van der Waals surface area contributed by atoms with E-state index in [1.54, 1.807) is 18.6 Å². The second-order valence-electron chi connectivity index (χ2n) is 5.52. The Hall–Kier alpha value is -2.41. The molecule has 0 atom stereocenters. The lowest BCUT2D eigenvalue weighted by molar-refractivity contribution is -0.131. The zero-order valence-electron chi connectivity index (χ0n) is 13.1. The highest BCUT2D eigenvalue weighted by molar-refractivity contribution is 5.76. The summed E-state index contributed by atoms with van der Waals surface area (Å²) in [6, 6.07) is 5.92. The molecule has 0 unspecified atom stereocenters. The zero-order chi connectivity index (χ0) is 15.9. The Balaban J connectivity index is 1.36. The van der Waals surface area contributed by atoms with Crippen LogP contribution in [0.3, 0.4) is 0 Å². The number of pyridine rings is 1. The van der Waals surface area contributed by atoms with E-state index in [4.69, 9.17) is 0 Å². The predicted molar refractivity (Wildman–Crippen MR) is 87.9 cm³/mol. The van der Waals surface area contributed by atoms with Gasteiger partial charge in [0.2, 0.25) is 5.91 Å². The molecular formula is C16H22N6O. The molecule has 1 aliphatic rings. The molecule has 0 radical (unpaired) electrons. The summed E-state index contributed by atoms with van der Waals surface area (Å²) in [5.74, 6) is 2.08. The topological polar surface area (TPSA) is 77.2 Å². The van der Waals surface area contributed by atoms with E-state index in [2.05, 4.69) is 25.2 Å². The number of nitrogens with zero attached hydrogens (tertiary/aromatic N) is 4. The van der Waals surface area contributed by atoms with Crippen molar-refractivity contribution in [1.29, 1.82) is 0 Å². The second-order valence-corrected chi connectivity index (χ2v) is 5.52. The van der Waals surface area contributed by atoms with Crippen LogP contribution >= 0.6 is 0 Å². The Morgan fingerprint density at radius 3 is 2.74 bits per heavy atom. The van der Waals surface area contributed by atoms with Gasteiger partial charge in [-0.2, -0.15) is 0 Å². The summed E-state index contributed by atoms with van der Waals surface area (Å²) in [5.41, 5.74) is 0. The van der Waals surface area contributed by atoms with Crippen LogP contribution in [0.25, 0.3) is 0 Å². The lowest BCUT2D eigenvalue weighted by atomic mass is 10.2. The molecule has 0 spiro atoms. The lowest BCUT2D eigenvalue weighted by Crippen LogP contribution is -2.49. The van der Waals surface area contributed by atoms with Gasteiger partial charge in [-0.1, -0.05) is 6.07 Å². The number of hydrogen-bond acceptors (Lipinski definition) is 5. The van der Waals surface area contributed by atoms with Crippen molar-refractivity contribution in [3.63, 3.8) is 0 Å². The third kappa shape index (κ3) is 4.29. The summed E-state index contributed by atoms with van der Waals surface area (Å²) in [6.45, 7) is 4.51. The summed E-state index contributed by atoms with van der Waals surface area (Å²) in [6.07, 6.45) is 5.84. The van der Waals surface area contributed by atoms with E-state index in [-0.39, 0.29) is 5.91 Å². The summed E-state index contributed by atoms with van der Waals surface area (Å²) < 4.78 is 0. The number of imidazole rings is 1. The Morgan fingerprint density at radius 2 is 2.04 bits per heavy atom. The van der Waals surface area contributed by atoms with Crippen LogP contribution in [-0.4, -0.2) is 58.5 Å². The number of H-pyrrole nitrogens is 1. The van der Waals surface area contributed by atoms with E-state index in [1.807, 2.05) is 23.1 Å². The number of rotatable bonds is 6. The van der Waals surface area contributed by atoms with Gasteiger partial charge in [0.05, 0.1) is 6.54 Å². The van der Waals surface area contributed by atoms with Crippen LogP contribution in [0.4, 0.5) is 5.82 Å². The minimum absolute atomic E-state index is 0.206. The van der Waals surface area contributed by atoms with Crippen molar-refractivity contribution in [3.05, 3.63) is 42.6 Å². The van der Waals surface area contributed by atoms with Crippen molar-refractivity contribution in [2.75, 3.05) is 37.6 Å². The first-order valence-electron chi connectivity index (χ1n) is 7.95. The van der Waals surface area contributed by atoms with Gasteiger partial charge >= 0.3 is 0 Å². The summed E-state index contributed by atoms with van der Waals surface area (Å²) in [4.78, 5) is 27.9. The molecule has 0 aromatic carbocycles. The number of aromatic amines is 1. The number of anilines is 1. The fourth-order valence-electron chi connectivity index (χ4n) is 2.68. The summed E-state index contributed by atoms with van der Waals surface area (Å²) in [5, 5.41) is 3.23. The second kappa shape index (κ2) is 7.73. The van der Waals surface area contributed by atoms with Crippen LogP contribution in [0.5, 0.6) is 0 Å². The highest BCUT2D eigenvalue weighted by Gasteiger charge is 2.21. The van der Waals surface area contributed by atoms with Crippen LogP contribution in [0.1, 0.15) is 12.2 Å². The maximum atomic E-state index is 12.2. The average Bonchev–Trinajstić information content (AvgIpc) is 3.13. The maximum absolute atomic E-state index is 12.2. The highest BCUT2D eigenvalue weighted by Crippen LogP contribution is 2.12. The smallest absolute Gasteiger partial charge is 0.223 e. The summed E-state index contributed by atoms with van der Waals surface area (Å²) in [7, 11) is 0. The SMILES string of the molecule is O=C(CCNCc1ncc[nH]1)N1CCN(c2ccccn2)CC1. The van der Waals surface area contributed by atoms with Crippen molar-refractivity contribution in [2.45, 2.75) is 13.0 Å². The highest BCUT2D eigenvalue weighted by atomic mass is 16.2. The maximum Gasteiger partial charge on any atom is 0.223 e. The molecule has 2 aromatic heterocycles. The van der Waals surface area contributed by atoms with Gasteiger partial charge in [-0.25, -0.2) is 9.97 Å². The van der Waals surface area contributed by atoms with E-state index in [1.165, 1.54) is 0 Å². The van der Waals surface area contributed by atoms with Gasteiger partial charge < -0.3 is 20.1 Å². The molecule has 2 N–H and O–H groups in total. The number of carbonyl (C=O) groups is 1. The number of carbonyl (C=O) groups excluding carboxylic acids is 1. The van der Waals surface area contributed by atoms with Gasteiger partial charge in [-0.05, 0) is 12.1 Å². The quantitative estimate of drug-likeness (QED) is 0.765. The fourth-order valence-corrected chi connectivity index (χ4v) is 2.68. The zero-order valence-corrected chi connectivity index (χ0v) is 13.1. The number of hydrogen-bond donors (Lipinski definition) is 2. The van der Waals surface area contributed by atoms with Crippen molar-refractivity contribution < 1.29 is 4.79 Å². The fraction of sp³-hybridized carbons (Fsp3) is 0.438. The average molecular weight is 314 g/mol. The van der Waals surface area contributed by atoms with E-state index >= 15 is 0 Å². The molecule has 1 saturated heterocycles. The molecule has 3 rings (SSSR count). The largest absolute Gasteiger partial charge is 0.353 e. The molecule has 0 bridgehead atoms. The number of amides is 1. The first-order chi connectivity index (χ1) is 11.3. The Kier molecular flexibility index (Phi) is 5.21. The first-order valence-corrected chi connectivity index (χ1v) is 7.95. The van der Waals surface area contributed by atoms with Gasteiger partial charge in [0, 0.05) is 57.7 Å². The predicted octanol–water partition coefficient (Wildman–Crippen LogP) is 0.633. The van der Waals surface area contributed by atoms with Crippen molar-refractivity contribution in [2.24, 2.45) is 0 Å². The minimum Gasteiger partial charge on any atom is -0.353 e.